The van der Waals surface area contributed by atoms with E-state index in [4.69, 9.17) is 4.74 Å². The third-order valence-electron chi connectivity index (χ3n) is 3.89. The molecule has 0 heterocycles. The Balaban J connectivity index is 2.64. The minimum absolute atomic E-state index is 0.0998. The molecular weight excluding hydrogens is 328 g/mol. The predicted octanol–water partition coefficient (Wildman–Crippen LogP) is 3.23. The van der Waals surface area contributed by atoms with Crippen molar-refractivity contribution in [3.8, 4) is 5.75 Å². The average molecular weight is 344 g/mol. The zero-order valence-electron chi connectivity index (χ0n) is 13.9. The van der Waals surface area contributed by atoms with Gasteiger partial charge in [0, 0.05) is 39.3 Å². The molecule has 0 N–H and O–H groups in total. The number of hydrogen-bond donors (Lipinski definition) is 0. The largest absolute Gasteiger partial charge is 0.496 e. The number of aryl methyl sites for hydroxylation is 1. The van der Waals surface area contributed by atoms with Crippen LogP contribution >= 0.6 is 0 Å². The number of nitrogens with zero attached hydrogens (tertiary/aromatic N) is 2. The zero-order valence-corrected chi connectivity index (χ0v) is 13.9. The van der Waals surface area contributed by atoms with Crippen molar-refractivity contribution in [1.82, 2.24) is 0 Å². The minimum atomic E-state index is -0.598. The Morgan fingerprint density at radius 1 is 1.16 bits per heavy atom. The fraction of sp³-hybridized carbons (Fsp3) is 0.235. The lowest BCUT2D eigenvalue weighted by molar-refractivity contribution is -0.496. The van der Waals surface area contributed by atoms with Crippen LogP contribution in [0.5, 0.6) is 5.75 Å². The maximum atomic E-state index is 12.8. The molecule has 0 bridgehead atoms. The van der Waals surface area contributed by atoms with E-state index in [1.165, 1.54) is 31.4 Å². The number of ether oxygens (including phenoxy) is 1. The Labute approximate surface area is 143 Å². The number of carbonyl (C=O) groups is 1. The molecule has 8 heteroatoms. The first-order chi connectivity index (χ1) is 11.8. The van der Waals surface area contributed by atoms with Crippen LogP contribution in [-0.2, 0) is 6.54 Å². The summed E-state index contributed by atoms with van der Waals surface area (Å²) in [6.45, 7) is 2.83. The smallest absolute Gasteiger partial charge is 0.270 e. The van der Waals surface area contributed by atoms with Crippen molar-refractivity contribution >= 4 is 11.5 Å². The molecule has 8 nitrogen and oxygen atoms in total. The maximum Gasteiger partial charge on any atom is 0.270 e. The van der Waals surface area contributed by atoms with E-state index in [-0.39, 0.29) is 22.4 Å². The fourth-order valence-corrected chi connectivity index (χ4v) is 2.77. The Morgan fingerprint density at radius 2 is 1.84 bits per heavy atom. The van der Waals surface area contributed by atoms with E-state index >= 15 is 0 Å². The van der Waals surface area contributed by atoms with Gasteiger partial charge >= 0.3 is 0 Å². The van der Waals surface area contributed by atoms with Crippen LogP contribution in [-0.4, -0.2) is 22.7 Å². The van der Waals surface area contributed by atoms with Gasteiger partial charge in [0.1, 0.15) is 5.75 Å². The number of benzene rings is 2. The molecule has 2 aromatic rings. The summed E-state index contributed by atoms with van der Waals surface area (Å²) >= 11 is 0. The first-order valence-electron chi connectivity index (χ1n) is 7.34. The highest BCUT2D eigenvalue weighted by Gasteiger charge is 2.23. The molecule has 0 aliphatic heterocycles. The van der Waals surface area contributed by atoms with Crippen molar-refractivity contribution in [2.75, 3.05) is 7.11 Å². The van der Waals surface area contributed by atoms with Crippen molar-refractivity contribution in [2.45, 2.75) is 20.4 Å². The second-order valence-corrected chi connectivity index (χ2v) is 5.51. The predicted molar refractivity (Wildman–Crippen MR) is 89.7 cm³/mol. The first kappa shape index (κ1) is 18.1. The molecule has 0 atom stereocenters. The SMILES string of the molecule is COc1c(C)cc(C(=O)c2cccc([N+](=O)[O-])c2)c(C[N+](=O)[O-])c1C. The fourth-order valence-electron chi connectivity index (χ4n) is 2.77. The monoisotopic (exact) mass is 344 g/mol. The van der Waals surface area contributed by atoms with Gasteiger partial charge in [0.2, 0.25) is 6.54 Å². The molecular formula is C17H16N2O6. The van der Waals surface area contributed by atoms with Crippen LogP contribution in [0.25, 0.3) is 0 Å². The van der Waals surface area contributed by atoms with E-state index in [1.807, 2.05) is 0 Å². The number of non-ortho nitro benzene ring substituents is 1. The summed E-state index contributed by atoms with van der Waals surface area (Å²) in [7, 11) is 1.45. The Hall–Kier alpha value is -3.29. The van der Waals surface area contributed by atoms with Gasteiger partial charge in [0.05, 0.1) is 12.0 Å². The number of ketones is 1. The van der Waals surface area contributed by atoms with Gasteiger partial charge in [-0.1, -0.05) is 12.1 Å². The highest BCUT2D eigenvalue weighted by Crippen LogP contribution is 2.31. The molecule has 2 rings (SSSR count). The third kappa shape index (κ3) is 3.63. The molecule has 0 saturated carbocycles. The number of hydrogen-bond acceptors (Lipinski definition) is 6. The highest BCUT2D eigenvalue weighted by atomic mass is 16.6. The lowest BCUT2D eigenvalue weighted by atomic mass is 9.92. The van der Waals surface area contributed by atoms with Gasteiger partial charge in [-0.2, -0.15) is 0 Å². The van der Waals surface area contributed by atoms with Crippen LogP contribution in [0.15, 0.2) is 30.3 Å². The maximum absolute atomic E-state index is 12.8. The number of nitro groups is 2. The highest BCUT2D eigenvalue weighted by molar-refractivity contribution is 6.10. The molecule has 0 fully saturated rings. The first-order valence-corrected chi connectivity index (χ1v) is 7.34. The van der Waals surface area contributed by atoms with Crippen LogP contribution < -0.4 is 4.74 Å². The van der Waals surface area contributed by atoms with Crippen LogP contribution in [0, 0.1) is 34.1 Å². The van der Waals surface area contributed by atoms with Crippen LogP contribution in [0.3, 0.4) is 0 Å². The van der Waals surface area contributed by atoms with Gasteiger partial charge in [-0.3, -0.25) is 25.0 Å². The topological polar surface area (TPSA) is 113 Å². The zero-order chi connectivity index (χ0) is 18.7. The van der Waals surface area contributed by atoms with E-state index in [9.17, 15) is 25.0 Å². The van der Waals surface area contributed by atoms with Crippen molar-refractivity contribution in [2.24, 2.45) is 0 Å². The standard InChI is InChI=1S/C17H16N2O6/c1-10-7-14(15(9-18(21)22)11(2)17(10)25-3)16(20)12-5-4-6-13(8-12)19(23)24/h4-8H,9H2,1-3H3. The lowest BCUT2D eigenvalue weighted by Crippen LogP contribution is -2.12. The second kappa shape index (κ2) is 7.08. The summed E-state index contributed by atoms with van der Waals surface area (Å²) in [5.41, 5.74) is 1.43. The molecule has 0 aliphatic rings. The second-order valence-electron chi connectivity index (χ2n) is 5.51. The van der Waals surface area contributed by atoms with Crippen LogP contribution in [0.1, 0.15) is 32.6 Å². The van der Waals surface area contributed by atoms with Gasteiger partial charge < -0.3 is 4.74 Å². The molecule has 0 amide bonds. The summed E-state index contributed by atoms with van der Waals surface area (Å²) in [5, 5.41) is 21.9. The molecule has 0 aromatic heterocycles. The molecule has 25 heavy (non-hydrogen) atoms. The Morgan fingerprint density at radius 3 is 2.40 bits per heavy atom. The number of methoxy groups -OCH3 is 1. The molecule has 0 aliphatic carbocycles. The quantitative estimate of drug-likeness (QED) is 0.452. The molecule has 130 valence electrons. The van der Waals surface area contributed by atoms with E-state index in [0.717, 1.165) is 6.07 Å². The molecule has 0 spiro atoms. The van der Waals surface area contributed by atoms with Crippen molar-refractivity contribution in [3.05, 3.63) is 78.4 Å². The van der Waals surface area contributed by atoms with E-state index < -0.39 is 22.2 Å². The number of carbonyl (C=O) groups excluding carboxylic acids is 1. The lowest BCUT2D eigenvalue weighted by Gasteiger charge is -2.15. The normalized spacial score (nSPS) is 10.4. The molecule has 0 radical (unpaired) electrons. The summed E-state index contributed by atoms with van der Waals surface area (Å²) in [4.78, 5) is 33.6. The van der Waals surface area contributed by atoms with Gasteiger partial charge in [0.15, 0.2) is 5.78 Å². The van der Waals surface area contributed by atoms with Gasteiger partial charge in [-0.05, 0) is 25.5 Å². The van der Waals surface area contributed by atoms with Gasteiger partial charge in [-0.25, -0.2) is 0 Å². The number of rotatable bonds is 6. The molecule has 0 unspecified atom stereocenters. The van der Waals surface area contributed by atoms with Crippen molar-refractivity contribution in [1.29, 1.82) is 0 Å². The summed E-state index contributed by atoms with van der Waals surface area (Å²) < 4.78 is 5.27. The Bertz CT molecular complexity index is 876. The summed E-state index contributed by atoms with van der Waals surface area (Å²) in [6, 6.07) is 6.81. The van der Waals surface area contributed by atoms with Gasteiger partial charge in [0.25, 0.3) is 5.69 Å². The Kier molecular flexibility index (Phi) is 5.11. The summed E-state index contributed by atoms with van der Waals surface area (Å²) in [6.07, 6.45) is 0. The van der Waals surface area contributed by atoms with Crippen LogP contribution in [0.4, 0.5) is 5.69 Å². The number of nitro benzene ring substituents is 1. The molecule has 0 saturated heterocycles. The van der Waals surface area contributed by atoms with Crippen molar-refractivity contribution in [3.63, 3.8) is 0 Å². The third-order valence-corrected chi connectivity index (χ3v) is 3.89. The van der Waals surface area contributed by atoms with Crippen molar-refractivity contribution < 1.29 is 19.4 Å². The van der Waals surface area contributed by atoms with Gasteiger partial charge in [-0.15, -0.1) is 0 Å². The van der Waals surface area contributed by atoms with E-state index in [2.05, 4.69) is 0 Å². The average Bonchev–Trinajstić information content (AvgIpc) is 2.56. The van der Waals surface area contributed by atoms with E-state index in [1.54, 1.807) is 13.8 Å². The molecule has 2 aromatic carbocycles. The van der Waals surface area contributed by atoms with Crippen LogP contribution in [0.2, 0.25) is 0 Å². The van der Waals surface area contributed by atoms with E-state index in [0.29, 0.717) is 16.9 Å². The summed E-state index contributed by atoms with van der Waals surface area (Å²) in [5.74, 6) is -0.0261. The minimum Gasteiger partial charge on any atom is -0.496 e.